The molecule has 0 aliphatic carbocycles. The van der Waals surface area contributed by atoms with Crippen molar-refractivity contribution in [3.63, 3.8) is 0 Å². The van der Waals surface area contributed by atoms with Gasteiger partial charge in [0.2, 0.25) is 0 Å². The molecule has 1 heterocycles. The largest absolute Gasteiger partial charge is 0.496 e. The van der Waals surface area contributed by atoms with E-state index in [0.717, 1.165) is 22.0 Å². The number of benzene rings is 1. The van der Waals surface area contributed by atoms with Crippen LogP contribution in [0.4, 0.5) is 0 Å². The van der Waals surface area contributed by atoms with Crippen molar-refractivity contribution in [1.29, 1.82) is 0 Å². The Morgan fingerprint density at radius 2 is 2.21 bits per heavy atom. The minimum atomic E-state index is 0.810. The average molecular weight is 252 g/mol. The van der Waals surface area contributed by atoms with Crippen molar-refractivity contribution in [2.75, 3.05) is 7.11 Å². The van der Waals surface area contributed by atoms with Gasteiger partial charge in [0.15, 0.2) is 0 Å². The van der Waals surface area contributed by atoms with Gasteiger partial charge in [-0.15, -0.1) is 0 Å². The number of methoxy groups -OCH3 is 1. The third-order valence-electron chi connectivity index (χ3n) is 2.18. The maximum absolute atomic E-state index is 5.27. The van der Waals surface area contributed by atoms with Gasteiger partial charge < -0.3 is 4.74 Å². The lowest BCUT2D eigenvalue weighted by Crippen LogP contribution is -1.89. The number of hydrogen-bond acceptors (Lipinski definition) is 2. The van der Waals surface area contributed by atoms with E-state index in [9.17, 15) is 0 Å². The fourth-order valence-corrected chi connectivity index (χ4v) is 1.95. The smallest absolute Gasteiger partial charge is 0.129 e. The van der Waals surface area contributed by atoms with Gasteiger partial charge in [0.25, 0.3) is 0 Å². The molecular weight excluding hydrogens is 242 g/mol. The molecule has 0 fully saturated rings. The first-order chi connectivity index (χ1) is 6.86. The van der Waals surface area contributed by atoms with Gasteiger partial charge in [0, 0.05) is 16.9 Å². The van der Waals surface area contributed by atoms with Gasteiger partial charge in [-0.05, 0) is 17.7 Å². The molecule has 0 spiro atoms. The standard InChI is InChI=1S/C11H10BrNO/c1-14-10-5-6-13-11-8(7-12)3-2-4-9(10)11/h2-6H,7H2,1H3. The second-order valence-electron chi connectivity index (χ2n) is 2.96. The van der Waals surface area contributed by atoms with Gasteiger partial charge in [0.1, 0.15) is 5.75 Å². The quantitative estimate of drug-likeness (QED) is 0.766. The molecule has 14 heavy (non-hydrogen) atoms. The van der Waals surface area contributed by atoms with Crippen molar-refractivity contribution in [1.82, 2.24) is 4.98 Å². The molecule has 0 bridgehead atoms. The van der Waals surface area contributed by atoms with Crippen molar-refractivity contribution < 1.29 is 4.74 Å². The number of para-hydroxylation sites is 1. The molecule has 0 saturated heterocycles. The van der Waals surface area contributed by atoms with Gasteiger partial charge in [-0.2, -0.15) is 0 Å². The Bertz CT molecular complexity index is 413. The molecule has 2 rings (SSSR count). The number of ether oxygens (including phenoxy) is 1. The zero-order chi connectivity index (χ0) is 9.97. The number of pyridine rings is 1. The second kappa shape index (κ2) is 3.96. The van der Waals surface area contributed by atoms with E-state index in [-0.39, 0.29) is 0 Å². The van der Waals surface area contributed by atoms with E-state index < -0.39 is 0 Å². The zero-order valence-corrected chi connectivity index (χ0v) is 9.41. The van der Waals surface area contributed by atoms with Crippen LogP contribution in [0.3, 0.4) is 0 Å². The first-order valence-corrected chi connectivity index (χ1v) is 5.45. The number of aromatic nitrogens is 1. The molecule has 3 heteroatoms. The third kappa shape index (κ3) is 1.48. The van der Waals surface area contributed by atoms with Crippen molar-refractivity contribution in [3.8, 4) is 5.75 Å². The molecule has 2 nitrogen and oxygen atoms in total. The fourth-order valence-electron chi connectivity index (χ4n) is 1.50. The van der Waals surface area contributed by atoms with E-state index in [4.69, 9.17) is 4.74 Å². The van der Waals surface area contributed by atoms with E-state index in [2.05, 4.69) is 27.0 Å². The Kier molecular flexibility index (Phi) is 2.68. The van der Waals surface area contributed by atoms with E-state index in [1.165, 1.54) is 5.56 Å². The van der Waals surface area contributed by atoms with Crippen LogP contribution in [0.2, 0.25) is 0 Å². The molecule has 72 valence electrons. The lowest BCUT2D eigenvalue weighted by molar-refractivity contribution is 0.419. The van der Waals surface area contributed by atoms with E-state index in [0.29, 0.717) is 0 Å². The monoisotopic (exact) mass is 251 g/mol. The van der Waals surface area contributed by atoms with Crippen LogP contribution in [0.15, 0.2) is 30.5 Å². The van der Waals surface area contributed by atoms with Gasteiger partial charge in [-0.25, -0.2) is 0 Å². The van der Waals surface area contributed by atoms with Crippen LogP contribution in [0.5, 0.6) is 5.75 Å². The van der Waals surface area contributed by atoms with Crippen LogP contribution in [-0.4, -0.2) is 12.1 Å². The molecule has 2 aromatic rings. The molecule has 0 saturated carbocycles. The normalized spacial score (nSPS) is 10.4. The summed E-state index contributed by atoms with van der Waals surface area (Å²) in [6, 6.07) is 7.97. The molecule has 0 aliphatic rings. The lowest BCUT2D eigenvalue weighted by atomic mass is 10.1. The first-order valence-electron chi connectivity index (χ1n) is 4.33. The van der Waals surface area contributed by atoms with Gasteiger partial charge in [-0.3, -0.25) is 4.98 Å². The third-order valence-corrected chi connectivity index (χ3v) is 2.78. The van der Waals surface area contributed by atoms with Gasteiger partial charge >= 0.3 is 0 Å². The summed E-state index contributed by atoms with van der Waals surface area (Å²) in [7, 11) is 1.68. The van der Waals surface area contributed by atoms with Gasteiger partial charge in [0.05, 0.1) is 12.6 Å². The van der Waals surface area contributed by atoms with Crippen LogP contribution < -0.4 is 4.74 Å². The van der Waals surface area contributed by atoms with Crippen molar-refractivity contribution in [3.05, 3.63) is 36.0 Å². The maximum Gasteiger partial charge on any atom is 0.129 e. The van der Waals surface area contributed by atoms with E-state index in [1.807, 2.05) is 18.2 Å². The van der Waals surface area contributed by atoms with Crippen LogP contribution in [0.25, 0.3) is 10.9 Å². The minimum absolute atomic E-state index is 0.810. The first kappa shape index (κ1) is 9.46. The second-order valence-corrected chi connectivity index (χ2v) is 3.52. The molecule has 0 N–H and O–H groups in total. The number of rotatable bonds is 2. The lowest BCUT2D eigenvalue weighted by Gasteiger charge is -2.06. The summed E-state index contributed by atoms with van der Waals surface area (Å²) >= 11 is 3.44. The molecule has 1 aromatic carbocycles. The topological polar surface area (TPSA) is 22.1 Å². The molecule has 0 aliphatic heterocycles. The highest BCUT2D eigenvalue weighted by atomic mass is 79.9. The summed E-state index contributed by atoms with van der Waals surface area (Å²) in [5, 5.41) is 1.87. The van der Waals surface area contributed by atoms with E-state index in [1.54, 1.807) is 13.3 Å². The molecule has 0 radical (unpaired) electrons. The summed E-state index contributed by atoms with van der Waals surface area (Å²) in [5.41, 5.74) is 2.19. The Hall–Kier alpha value is -1.09. The number of fused-ring (bicyclic) bond motifs is 1. The zero-order valence-electron chi connectivity index (χ0n) is 7.83. The molecule has 0 atom stereocenters. The van der Waals surface area contributed by atoms with Crippen molar-refractivity contribution >= 4 is 26.8 Å². The predicted octanol–water partition coefficient (Wildman–Crippen LogP) is 3.14. The Morgan fingerprint density at radius 1 is 1.36 bits per heavy atom. The highest BCUT2D eigenvalue weighted by molar-refractivity contribution is 9.08. The number of hydrogen-bond donors (Lipinski definition) is 0. The minimum Gasteiger partial charge on any atom is -0.496 e. The van der Waals surface area contributed by atoms with Crippen LogP contribution >= 0.6 is 15.9 Å². The highest BCUT2D eigenvalue weighted by Crippen LogP contribution is 2.26. The summed E-state index contributed by atoms with van der Waals surface area (Å²) < 4.78 is 5.27. The highest BCUT2D eigenvalue weighted by Gasteiger charge is 2.04. The van der Waals surface area contributed by atoms with Crippen molar-refractivity contribution in [2.24, 2.45) is 0 Å². The predicted molar refractivity (Wildman–Crippen MR) is 60.9 cm³/mol. The molecule has 0 unspecified atom stereocenters. The van der Waals surface area contributed by atoms with Crippen LogP contribution in [-0.2, 0) is 5.33 Å². The maximum atomic E-state index is 5.27. The summed E-state index contributed by atoms with van der Waals surface area (Å²) in [4.78, 5) is 4.35. The Balaban J connectivity index is 2.77. The molecular formula is C11H10BrNO. The number of nitrogens with zero attached hydrogens (tertiary/aromatic N) is 1. The fraction of sp³-hybridized carbons (Fsp3) is 0.182. The number of halogens is 1. The summed E-state index contributed by atoms with van der Waals surface area (Å²) in [6.07, 6.45) is 1.77. The Morgan fingerprint density at radius 3 is 2.93 bits per heavy atom. The Labute approximate surface area is 91.0 Å². The summed E-state index contributed by atoms with van der Waals surface area (Å²) in [6.45, 7) is 0. The van der Waals surface area contributed by atoms with Crippen LogP contribution in [0, 0.1) is 0 Å². The van der Waals surface area contributed by atoms with Crippen LogP contribution in [0.1, 0.15) is 5.56 Å². The van der Waals surface area contributed by atoms with Gasteiger partial charge in [-0.1, -0.05) is 28.1 Å². The van der Waals surface area contributed by atoms with Crippen molar-refractivity contribution in [2.45, 2.75) is 5.33 Å². The molecule has 1 aromatic heterocycles. The summed E-state index contributed by atoms with van der Waals surface area (Å²) in [5.74, 6) is 0.873. The SMILES string of the molecule is COc1ccnc2c(CBr)cccc12. The number of alkyl halides is 1. The molecule has 0 amide bonds. The average Bonchev–Trinajstić information content (AvgIpc) is 2.27. The van der Waals surface area contributed by atoms with E-state index >= 15 is 0 Å².